The lowest BCUT2D eigenvalue weighted by atomic mass is 9.95. The van der Waals surface area contributed by atoms with Crippen LogP contribution in [0.4, 0.5) is 0 Å². The van der Waals surface area contributed by atoms with Gasteiger partial charge in [-0.25, -0.2) is 4.98 Å². The summed E-state index contributed by atoms with van der Waals surface area (Å²) in [4.78, 5) is 16.7. The number of fused-ring (bicyclic) bond motifs is 1. The third-order valence-corrected chi connectivity index (χ3v) is 5.05. The monoisotopic (exact) mass is 372 g/mol. The van der Waals surface area contributed by atoms with Gasteiger partial charge in [0, 0.05) is 12.6 Å². The normalized spacial score (nSPS) is 14.6. The first-order valence-electron chi connectivity index (χ1n) is 8.86. The number of ether oxygens (including phenoxy) is 2. The highest BCUT2D eigenvalue weighted by Gasteiger charge is 2.21. The maximum Gasteiger partial charge on any atom is 0.230 e. The Morgan fingerprint density at radius 2 is 2.00 bits per heavy atom. The van der Waals surface area contributed by atoms with Crippen molar-refractivity contribution in [3.05, 3.63) is 48.2 Å². The number of pyridine rings is 1. The number of carbonyl (C=O) groups is 1. The maximum absolute atomic E-state index is 12.4. The van der Waals surface area contributed by atoms with Gasteiger partial charge in [-0.15, -0.1) is 0 Å². The summed E-state index contributed by atoms with van der Waals surface area (Å²) in [5, 5.41) is 3.99. The summed E-state index contributed by atoms with van der Waals surface area (Å²) in [6.07, 6.45) is 2.61. The van der Waals surface area contributed by atoms with Crippen LogP contribution in [0.3, 0.4) is 0 Å². The van der Waals surface area contributed by atoms with Crippen LogP contribution >= 0.6 is 11.8 Å². The average Bonchev–Trinajstić information content (AvgIpc) is 2.90. The van der Waals surface area contributed by atoms with E-state index in [4.69, 9.17) is 9.47 Å². The van der Waals surface area contributed by atoms with E-state index in [1.54, 1.807) is 6.20 Å². The average molecular weight is 372 g/mol. The molecule has 1 atom stereocenters. The smallest absolute Gasteiger partial charge is 0.230 e. The molecule has 0 unspecified atom stereocenters. The Bertz CT molecular complexity index is 737. The van der Waals surface area contributed by atoms with Gasteiger partial charge >= 0.3 is 0 Å². The summed E-state index contributed by atoms with van der Waals surface area (Å²) >= 11 is 1.44. The van der Waals surface area contributed by atoms with Crippen molar-refractivity contribution in [2.24, 2.45) is 5.92 Å². The molecule has 1 aromatic heterocycles. The molecule has 138 valence electrons. The highest BCUT2D eigenvalue weighted by Crippen LogP contribution is 2.34. The molecule has 0 saturated carbocycles. The van der Waals surface area contributed by atoms with Gasteiger partial charge in [-0.1, -0.05) is 37.7 Å². The second kappa shape index (κ2) is 8.94. The van der Waals surface area contributed by atoms with Crippen molar-refractivity contribution in [2.45, 2.75) is 31.3 Å². The zero-order chi connectivity index (χ0) is 18.4. The zero-order valence-corrected chi connectivity index (χ0v) is 15.9. The number of nitrogens with zero attached hydrogens (tertiary/aromatic N) is 1. The van der Waals surface area contributed by atoms with Crippen LogP contribution in [-0.4, -0.2) is 29.9 Å². The summed E-state index contributed by atoms with van der Waals surface area (Å²) < 4.78 is 11.5. The van der Waals surface area contributed by atoms with E-state index in [9.17, 15) is 4.79 Å². The second-order valence-corrected chi connectivity index (χ2v) is 7.50. The van der Waals surface area contributed by atoms with Crippen LogP contribution in [0.1, 0.15) is 31.9 Å². The summed E-state index contributed by atoms with van der Waals surface area (Å²) in [6.45, 7) is 5.51. The summed E-state index contributed by atoms with van der Waals surface area (Å²) in [7, 11) is 0. The molecule has 5 nitrogen and oxygen atoms in total. The third-order valence-electron chi connectivity index (χ3n) is 4.10. The molecule has 0 aliphatic carbocycles. The lowest BCUT2D eigenvalue weighted by Crippen LogP contribution is -2.33. The zero-order valence-electron chi connectivity index (χ0n) is 15.1. The Balaban J connectivity index is 1.67. The Hall–Kier alpha value is -2.21. The fraction of sp³-hybridized carbons (Fsp3) is 0.400. The minimum Gasteiger partial charge on any atom is -0.490 e. The van der Waals surface area contributed by atoms with Crippen LogP contribution in [0.2, 0.25) is 0 Å². The molecule has 0 bridgehead atoms. The molecule has 3 rings (SSSR count). The van der Waals surface area contributed by atoms with Gasteiger partial charge in [0.25, 0.3) is 0 Å². The highest BCUT2D eigenvalue weighted by molar-refractivity contribution is 7.99. The minimum atomic E-state index is -0.0796. The SMILES string of the molecule is CC(C)[C@H](NC(=O)CSc1ccccn1)c1ccc2c(c1)OCCCO2. The van der Waals surface area contributed by atoms with Gasteiger partial charge in [0.15, 0.2) is 11.5 Å². The topological polar surface area (TPSA) is 60.5 Å². The number of aromatic nitrogens is 1. The lowest BCUT2D eigenvalue weighted by molar-refractivity contribution is -0.119. The van der Waals surface area contributed by atoms with Crippen molar-refractivity contribution in [1.82, 2.24) is 10.3 Å². The Morgan fingerprint density at radius 1 is 1.19 bits per heavy atom. The molecule has 1 aromatic carbocycles. The Morgan fingerprint density at radius 3 is 2.73 bits per heavy atom. The van der Waals surface area contributed by atoms with E-state index in [2.05, 4.69) is 24.1 Å². The van der Waals surface area contributed by atoms with Crippen LogP contribution < -0.4 is 14.8 Å². The van der Waals surface area contributed by atoms with Crippen molar-refractivity contribution in [1.29, 1.82) is 0 Å². The van der Waals surface area contributed by atoms with Crippen molar-refractivity contribution in [2.75, 3.05) is 19.0 Å². The van der Waals surface area contributed by atoms with E-state index in [0.29, 0.717) is 19.0 Å². The quantitative estimate of drug-likeness (QED) is 0.781. The van der Waals surface area contributed by atoms with Gasteiger partial charge in [0.05, 0.1) is 30.0 Å². The first kappa shape index (κ1) is 18.6. The first-order valence-corrected chi connectivity index (χ1v) is 9.85. The number of rotatable bonds is 6. The van der Waals surface area contributed by atoms with Crippen molar-refractivity contribution < 1.29 is 14.3 Å². The van der Waals surface area contributed by atoms with Crippen molar-refractivity contribution in [3.8, 4) is 11.5 Å². The minimum absolute atomic E-state index is 0.00790. The fourth-order valence-electron chi connectivity index (χ4n) is 2.80. The number of benzene rings is 1. The van der Waals surface area contributed by atoms with Gasteiger partial charge in [-0.3, -0.25) is 4.79 Å². The number of amides is 1. The van der Waals surface area contributed by atoms with E-state index in [-0.39, 0.29) is 17.9 Å². The second-order valence-electron chi connectivity index (χ2n) is 6.50. The number of thioether (sulfide) groups is 1. The molecular formula is C20H24N2O3S. The van der Waals surface area contributed by atoms with Gasteiger partial charge in [0.2, 0.25) is 5.91 Å². The lowest BCUT2D eigenvalue weighted by Gasteiger charge is -2.24. The van der Waals surface area contributed by atoms with Gasteiger partial charge in [-0.05, 0) is 35.7 Å². The van der Waals surface area contributed by atoms with E-state index in [0.717, 1.165) is 28.5 Å². The molecule has 1 aliphatic heterocycles. The largest absolute Gasteiger partial charge is 0.490 e. The maximum atomic E-state index is 12.4. The van der Waals surface area contributed by atoms with Crippen LogP contribution in [0.15, 0.2) is 47.6 Å². The molecule has 1 N–H and O–H groups in total. The highest BCUT2D eigenvalue weighted by atomic mass is 32.2. The molecule has 0 saturated heterocycles. The Labute approximate surface area is 158 Å². The van der Waals surface area contributed by atoms with Crippen molar-refractivity contribution in [3.63, 3.8) is 0 Å². The van der Waals surface area contributed by atoms with Crippen LogP contribution in [0, 0.1) is 5.92 Å². The third kappa shape index (κ3) is 4.91. The predicted octanol–water partition coefficient (Wildman–Crippen LogP) is 3.85. The van der Waals surface area contributed by atoms with E-state index < -0.39 is 0 Å². The molecule has 26 heavy (non-hydrogen) atoms. The molecule has 0 radical (unpaired) electrons. The van der Waals surface area contributed by atoms with E-state index in [1.165, 1.54) is 11.8 Å². The Kier molecular flexibility index (Phi) is 6.39. The summed E-state index contributed by atoms with van der Waals surface area (Å²) in [5.74, 6) is 2.11. The number of hydrogen-bond donors (Lipinski definition) is 1. The van der Waals surface area contributed by atoms with E-state index in [1.807, 2.05) is 36.4 Å². The van der Waals surface area contributed by atoms with Crippen LogP contribution in [0.5, 0.6) is 11.5 Å². The molecule has 0 fully saturated rings. The predicted molar refractivity (Wildman–Crippen MR) is 103 cm³/mol. The fourth-order valence-corrected chi connectivity index (χ4v) is 3.47. The molecule has 6 heteroatoms. The molecule has 0 spiro atoms. The molecule has 1 aliphatic rings. The van der Waals surface area contributed by atoms with Crippen LogP contribution in [0.25, 0.3) is 0 Å². The molecule has 2 heterocycles. The first-order chi connectivity index (χ1) is 12.6. The van der Waals surface area contributed by atoms with Gasteiger partial charge in [-0.2, -0.15) is 0 Å². The summed E-state index contributed by atoms with van der Waals surface area (Å²) in [5.41, 5.74) is 1.03. The molecule has 2 aromatic rings. The van der Waals surface area contributed by atoms with Crippen molar-refractivity contribution >= 4 is 17.7 Å². The summed E-state index contributed by atoms with van der Waals surface area (Å²) in [6, 6.07) is 11.5. The number of hydrogen-bond acceptors (Lipinski definition) is 5. The number of carbonyl (C=O) groups excluding carboxylic acids is 1. The molecular weight excluding hydrogens is 348 g/mol. The number of nitrogens with one attached hydrogen (secondary N) is 1. The molecule has 1 amide bonds. The van der Waals surface area contributed by atoms with Crippen LogP contribution in [-0.2, 0) is 4.79 Å². The standard InChI is InChI=1S/C20H24N2O3S/c1-14(2)20(22-18(23)13-26-19-6-3-4-9-21-19)15-7-8-16-17(12-15)25-11-5-10-24-16/h3-4,6-9,12,14,20H,5,10-11,13H2,1-2H3,(H,22,23)/t20-/m0/s1. The van der Waals surface area contributed by atoms with E-state index >= 15 is 0 Å². The van der Waals surface area contributed by atoms with Gasteiger partial charge in [0.1, 0.15) is 0 Å². The van der Waals surface area contributed by atoms with Gasteiger partial charge < -0.3 is 14.8 Å².